The Morgan fingerprint density at radius 1 is 1.17 bits per heavy atom. The predicted octanol–water partition coefficient (Wildman–Crippen LogP) is 3.08. The number of hydrogen-bond donors (Lipinski definition) is 2. The van der Waals surface area contributed by atoms with Crippen molar-refractivity contribution in [3.63, 3.8) is 0 Å². The van der Waals surface area contributed by atoms with E-state index in [0.29, 0.717) is 28.1 Å². The molecule has 2 aromatic carbocycles. The maximum atomic E-state index is 13.0. The zero-order valence-electron chi connectivity index (χ0n) is 12.8. The molecule has 3 rings (SSSR count). The van der Waals surface area contributed by atoms with E-state index in [2.05, 4.69) is 10.0 Å². The molecule has 7 heteroatoms. The molecule has 0 atom stereocenters. The lowest BCUT2D eigenvalue weighted by molar-refractivity contribution is -0.110. The second-order valence-corrected chi connectivity index (χ2v) is 7.34. The Bertz CT molecular complexity index is 935. The molecular weight excluding hydrogens is 331 g/mol. The van der Waals surface area contributed by atoms with Gasteiger partial charge in [-0.05, 0) is 48.9 Å². The van der Waals surface area contributed by atoms with Crippen molar-refractivity contribution in [3.05, 3.63) is 59.4 Å². The van der Waals surface area contributed by atoms with Gasteiger partial charge in [-0.1, -0.05) is 12.1 Å². The van der Waals surface area contributed by atoms with Crippen LogP contribution in [0.2, 0.25) is 0 Å². The number of carbonyl (C=O) groups excluding carboxylic acids is 1. The van der Waals surface area contributed by atoms with Crippen LogP contribution in [0.5, 0.6) is 0 Å². The first-order chi connectivity index (χ1) is 11.4. The predicted molar refractivity (Wildman–Crippen MR) is 92.4 cm³/mol. The molecule has 0 aliphatic carbocycles. The first-order valence-electron chi connectivity index (χ1n) is 7.31. The summed E-state index contributed by atoms with van der Waals surface area (Å²) in [5, 5.41) is 2.72. The molecule has 1 aliphatic heterocycles. The molecule has 24 heavy (non-hydrogen) atoms. The summed E-state index contributed by atoms with van der Waals surface area (Å²) in [6.45, 7) is 1.54. The van der Waals surface area contributed by atoms with Crippen LogP contribution in [-0.2, 0) is 14.8 Å². The lowest BCUT2D eigenvalue weighted by Gasteiger charge is -2.07. The first-order valence-corrected chi connectivity index (χ1v) is 8.97. The number of halogens is 1. The number of benzene rings is 2. The molecule has 2 N–H and O–H groups in total. The van der Waals surface area contributed by atoms with E-state index >= 15 is 0 Å². The summed E-state index contributed by atoms with van der Waals surface area (Å²) in [6, 6.07) is 10.6. The third-order valence-corrected chi connectivity index (χ3v) is 4.94. The van der Waals surface area contributed by atoms with Crippen LogP contribution in [0.3, 0.4) is 0 Å². The molecule has 1 amide bonds. The fraction of sp³-hybridized carbons (Fsp3) is 0.118. The summed E-state index contributed by atoms with van der Waals surface area (Å²) >= 11 is 0. The van der Waals surface area contributed by atoms with Gasteiger partial charge in [-0.3, -0.25) is 9.52 Å². The number of amides is 1. The van der Waals surface area contributed by atoms with Crippen molar-refractivity contribution < 1.29 is 17.6 Å². The SMILES string of the molecule is CCS(=O)(=O)Nc1ccc2c(c1)/C(=C/c1ccc(F)cc1)C(=O)N2. The number of hydrogen-bond acceptors (Lipinski definition) is 3. The molecule has 5 nitrogen and oxygen atoms in total. The van der Waals surface area contributed by atoms with E-state index in [1.807, 2.05) is 0 Å². The standard InChI is InChI=1S/C17H15FN2O3S/c1-2-24(22,23)20-13-7-8-16-14(10-13)15(17(21)19-16)9-11-3-5-12(18)6-4-11/h3-10,20H,2H2,1H3,(H,19,21)/b15-9-. The van der Waals surface area contributed by atoms with Gasteiger partial charge in [-0.15, -0.1) is 0 Å². The van der Waals surface area contributed by atoms with Crippen LogP contribution in [0.1, 0.15) is 18.1 Å². The minimum Gasteiger partial charge on any atom is -0.321 e. The van der Waals surface area contributed by atoms with Gasteiger partial charge in [0.15, 0.2) is 0 Å². The third-order valence-electron chi connectivity index (χ3n) is 3.64. The molecule has 0 saturated carbocycles. The highest BCUT2D eigenvalue weighted by molar-refractivity contribution is 7.92. The molecule has 0 aromatic heterocycles. The Kier molecular flexibility index (Phi) is 4.11. The van der Waals surface area contributed by atoms with Crippen LogP contribution < -0.4 is 10.0 Å². The van der Waals surface area contributed by atoms with Crippen LogP contribution in [-0.4, -0.2) is 20.1 Å². The van der Waals surface area contributed by atoms with E-state index in [0.717, 1.165) is 0 Å². The zero-order valence-corrected chi connectivity index (χ0v) is 13.7. The second kappa shape index (κ2) is 6.09. The Morgan fingerprint density at radius 3 is 2.54 bits per heavy atom. The number of fused-ring (bicyclic) bond motifs is 1. The van der Waals surface area contributed by atoms with E-state index in [1.54, 1.807) is 43.3 Å². The Hall–Kier alpha value is -2.67. The van der Waals surface area contributed by atoms with Crippen LogP contribution in [0.25, 0.3) is 11.6 Å². The van der Waals surface area contributed by atoms with Crippen LogP contribution in [0.4, 0.5) is 15.8 Å². The summed E-state index contributed by atoms with van der Waals surface area (Å²) in [4.78, 5) is 12.2. The summed E-state index contributed by atoms with van der Waals surface area (Å²) < 4.78 is 38.8. The topological polar surface area (TPSA) is 75.3 Å². The molecule has 1 aliphatic rings. The Morgan fingerprint density at radius 2 is 1.88 bits per heavy atom. The van der Waals surface area contributed by atoms with Gasteiger partial charge in [0.2, 0.25) is 10.0 Å². The van der Waals surface area contributed by atoms with E-state index in [-0.39, 0.29) is 17.5 Å². The van der Waals surface area contributed by atoms with Gasteiger partial charge >= 0.3 is 0 Å². The van der Waals surface area contributed by atoms with Gasteiger partial charge in [0.1, 0.15) is 5.82 Å². The van der Waals surface area contributed by atoms with E-state index in [4.69, 9.17) is 0 Å². The molecule has 0 fully saturated rings. The summed E-state index contributed by atoms with van der Waals surface area (Å²) in [7, 11) is -3.40. The van der Waals surface area contributed by atoms with Gasteiger partial charge in [-0.25, -0.2) is 12.8 Å². The third kappa shape index (κ3) is 3.30. The number of anilines is 2. The number of nitrogens with one attached hydrogen (secondary N) is 2. The Balaban J connectivity index is 2.00. The highest BCUT2D eigenvalue weighted by Crippen LogP contribution is 2.35. The number of rotatable bonds is 4. The van der Waals surface area contributed by atoms with Crippen molar-refractivity contribution in [2.24, 2.45) is 0 Å². The lowest BCUT2D eigenvalue weighted by Crippen LogP contribution is -2.14. The molecule has 0 unspecified atom stereocenters. The fourth-order valence-corrected chi connectivity index (χ4v) is 3.00. The lowest BCUT2D eigenvalue weighted by atomic mass is 10.0. The van der Waals surface area contributed by atoms with Gasteiger partial charge in [-0.2, -0.15) is 0 Å². The van der Waals surface area contributed by atoms with E-state index in [9.17, 15) is 17.6 Å². The van der Waals surface area contributed by atoms with Crippen LogP contribution in [0.15, 0.2) is 42.5 Å². The fourth-order valence-electron chi connectivity index (χ4n) is 2.37. The maximum absolute atomic E-state index is 13.0. The highest BCUT2D eigenvalue weighted by atomic mass is 32.2. The van der Waals surface area contributed by atoms with Crippen molar-refractivity contribution in [1.29, 1.82) is 0 Å². The average Bonchev–Trinajstić information content (AvgIpc) is 2.85. The normalized spacial score (nSPS) is 15.2. The summed E-state index contributed by atoms with van der Waals surface area (Å²) in [6.07, 6.45) is 1.64. The van der Waals surface area contributed by atoms with Crippen molar-refractivity contribution in [1.82, 2.24) is 0 Å². The molecule has 1 heterocycles. The maximum Gasteiger partial charge on any atom is 0.256 e. The second-order valence-electron chi connectivity index (χ2n) is 5.33. The quantitative estimate of drug-likeness (QED) is 0.836. The number of sulfonamides is 1. The van der Waals surface area contributed by atoms with Gasteiger partial charge in [0.05, 0.1) is 5.75 Å². The molecule has 0 saturated heterocycles. The molecule has 124 valence electrons. The summed E-state index contributed by atoms with van der Waals surface area (Å²) in [5.74, 6) is -0.686. The minimum absolute atomic E-state index is 0.0421. The van der Waals surface area contributed by atoms with Crippen LogP contribution >= 0.6 is 0 Å². The van der Waals surface area contributed by atoms with Crippen molar-refractivity contribution >= 4 is 39.0 Å². The van der Waals surface area contributed by atoms with Crippen molar-refractivity contribution in [2.75, 3.05) is 15.8 Å². The summed E-state index contributed by atoms with van der Waals surface area (Å²) in [5.41, 5.74) is 2.66. The smallest absolute Gasteiger partial charge is 0.256 e. The molecule has 2 aromatic rings. The zero-order chi connectivity index (χ0) is 17.3. The van der Waals surface area contributed by atoms with Crippen molar-refractivity contribution in [3.8, 4) is 0 Å². The first kappa shape index (κ1) is 16.2. The van der Waals surface area contributed by atoms with Gasteiger partial charge in [0, 0.05) is 22.5 Å². The average molecular weight is 346 g/mol. The van der Waals surface area contributed by atoms with Crippen molar-refractivity contribution in [2.45, 2.75) is 6.92 Å². The Labute approximate surface area is 139 Å². The van der Waals surface area contributed by atoms with E-state index in [1.165, 1.54) is 12.1 Å². The molecule has 0 spiro atoms. The molecule has 0 radical (unpaired) electrons. The monoisotopic (exact) mass is 346 g/mol. The van der Waals surface area contributed by atoms with Crippen LogP contribution in [0, 0.1) is 5.82 Å². The largest absolute Gasteiger partial charge is 0.321 e. The van der Waals surface area contributed by atoms with E-state index < -0.39 is 10.0 Å². The molecular formula is C17H15FN2O3S. The van der Waals surface area contributed by atoms with Gasteiger partial charge in [0.25, 0.3) is 5.91 Å². The van der Waals surface area contributed by atoms with Gasteiger partial charge < -0.3 is 5.32 Å². The number of carbonyl (C=O) groups is 1. The molecule has 0 bridgehead atoms. The minimum atomic E-state index is -3.40. The highest BCUT2D eigenvalue weighted by Gasteiger charge is 2.24.